The number of unbranched alkanes of at least 4 members (excludes halogenated alkanes) is 1. The Labute approximate surface area is 126 Å². The normalized spacial score (nSPS) is 29.1. The number of rotatable bonds is 7. The largest absolute Gasteiger partial charge is 0.310 e. The third-order valence-corrected chi connectivity index (χ3v) is 5.33. The van der Waals surface area contributed by atoms with Gasteiger partial charge >= 0.3 is 0 Å². The monoisotopic (exact) mass is 281 g/mol. The smallest absolute Gasteiger partial charge is 0.0308 e. The van der Waals surface area contributed by atoms with Crippen LogP contribution >= 0.6 is 0 Å². The van der Waals surface area contributed by atoms with Crippen molar-refractivity contribution in [1.82, 2.24) is 15.1 Å². The van der Waals surface area contributed by atoms with E-state index in [-0.39, 0.29) is 0 Å². The molecule has 1 N–H and O–H groups in total. The highest BCUT2D eigenvalue weighted by Gasteiger charge is 2.42. The summed E-state index contributed by atoms with van der Waals surface area (Å²) >= 11 is 0. The molecule has 0 aromatic rings. The van der Waals surface area contributed by atoms with Gasteiger partial charge in [-0.05, 0) is 92.0 Å². The summed E-state index contributed by atoms with van der Waals surface area (Å²) in [4.78, 5) is 5.17. The van der Waals surface area contributed by atoms with E-state index >= 15 is 0 Å². The highest BCUT2D eigenvalue weighted by atomic mass is 15.2. The lowest BCUT2D eigenvalue weighted by molar-refractivity contribution is 0.193. The Morgan fingerprint density at radius 3 is 2.70 bits per heavy atom. The van der Waals surface area contributed by atoms with Crippen molar-refractivity contribution in [2.24, 2.45) is 5.92 Å². The van der Waals surface area contributed by atoms with E-state index in [4.69, 9.17) is 0 Å². The van der Waals surface area contributed by atoms with Gasteiger partial charge in [-0.2, -0.15) is 0 Å². The molecule has 1 aliphatic heterocycles. The Morgan fingerprint density at radius 1 is 1.30 bits per heavy atom. The predicted molar refractivity (Wildman–Crippen MR) is 87.2 cm³/mol. The van der Waals surface area contributed by atoms with E-state index in [1.54, 1.807) is 0 Å². The summed E-state index contributed by atoms with van der Waals surface area (Å²) in [7, 11) is 2.24. The quantitative estimate of drug-likeness (QED) is 0.724. The van der Waals surface area contributed by atoms with E-state index in [0.29, 0.717) is 11.6 Å². The first kappa shape index (κ1) is 16.3. The molecule has 118 valence electrons. The molecule has 1 saturated heterocycles. The van der Waals surface area contributed by atoms with Crippen LogP contribution in [0.5, 0.6) is 0 Å². The molecule has 0 aromatic heterocycles. The van der Waals surface area contributed by atoms with Gasteiger partial charge in [-0.1, -0.05) is 0 Å². The van der Waals surface area contributed by atoms with E-state index in [0.717, 1.165) is 5.92 Å². The maximum absolute atomic E-state index is 3.82. The zero-order valence-electron chi connectivity index (χ0n) is 14.1. The van der Waals surface area contributed by atoms with Crippen molar-refractivity contribution >= 4 is 0 Å². The van der Waals surface area contributed by atoms with Gasteiger partial charge in [-0.25, -0.2) is 0 Å². The fraction of sp³-hybridized carbons (Fsp3) is 1.00. The molecule has 3 nitrogen and oxygen atoms in total. The van der Waals surface area contributed by atoms with E-state index in [9.17, 15) is 0 Å². The van der Waals surface area contributed by atoms with Crippen molar-refractivity contribution in [3.8, 4) is 0 Å². The third kappa shape index (κ3) is 4.71. The van der Waals surface area contributed by atoms with Crippen LogP contribution in [-0.2, 0) is 0 Å². The molecule has 2 rings (SSSR count). The zero-order chi connectivity index (χ0) is 14.6. The summed E-state index contributed by atoms with van der Waals surface area (Å²) in [6.45, 7) is 13.3. The minimum atomic E-state index is 0.394. The molecule has 2 aliphatic rings. The second-order valence-corrected chi connectivity index (χ2v) is 7.53. The molecule has 3 heteroatoms. The molecule has 1 unspecified atom stereocenters. The molecule has 20 heavy (non-hydrogen) atoms. The van der Waals surface area contributed by atoms with Crippen LogP contribution in [-0.4, -0.2) is 61.2 Å². The first-order valence-electron chi connectivity index (χ1n) is 8.69. The Morgan fingerprint density at radius 2 is 2.05 bits per heavy atom. The van der Waals surface area contributed by atoms with Crippen molar-refractivity contribution in [2.75, 3.05) is 39.8 Å². The number of nitrogens with zero attached hydrogens (tertiary/aromatic N) is 2. The summed E-state index contributed by atoms with van der Waals surface area (Å²) < 4.78 is 0. The van der Waals surface area contributed by atoms with Gasteiger partial charge in [-0.3, -0.25) is 0 Å². The molecule has 0 aromatic carbocycles. The van der Waals surface area contributed by atoms with Crippen LogP contribution in [0, 0.1) is 5.92 Å². The van der Waals surface area contributed by atoms with Crippen molar-refractivity contribution in [2.45, 2.75) is 64.5 Å². The van der Waals surface area contributed by atoms with Gasteiger partial charge in [0.15, 0.2) is 0 Å². The van der Waals surface area contributed by atoms with Crippen molar-refractivity contribution < 1.29 is 0 Å². The Bertz CT molecular complexity index is 288. The molecule has 0 radical (unpaired) electrons. The molecule has 2 fully saturated rings. The van der Waals surface area contributed by atoms with Gasteiger partial charge in [0, 0.05) is 18.1 Å². The van der Waals surface area contributed by atoms with E-state index in [1.165, 1.54) is 64.8 Å². The van der Waals surface area contributed by atoms with E-state index in [1.807, 2.05) is 0 Å². The molecular formula is C17H35N3. The first-order valence-corrected chi connectivity index (χ1v) is 8.69. The minimum Gasteiger partial charge on any atom is -0.310 e. The van der Waals surface area contributed by atoms with Gasteiger partial charge in [0.1, 0.15) is 0 Å². The lowest BCUT2D eigenvalue weighted by Crippen LogP contribution is -2.51. The molecule has 0 spiro atoms. The summed E-state index contributed by atoms with van der Waals surface area (Å²) in [6, 6.07) is 0.676. The maximum Gasteiger partial charge on any atom is 0.0308 e. The fourth-order valence-electron chi connectivity index (χ4n) is 3.42. The Kier molecular flexibility index (Phi) is 5.88. The summed E-state index contributed by atoms with van der Waals surface area (Å²) in [5.74, 6) is 0.940. The van der Waals surface area contributed by atoms with Crippen LogP contribution in [0.25, 0.3) is 0 Å². The van der Waals surface area contributed by atoms with Gasteiger partial charge in [0.2, 0.25) is 0 Å². The topological polar surface area (TPSA) is 18.5 Å². The van der Waals surface area contributed by atoms with E-state index < -0.39 is 0 Å². The second-order valence-electron chi connectivity index (χ2n) is 7.53. The lowest BCUT2D eigenvalue weighted by Gasteiger charge is -2.34. The Balaban J connectivity index is 1.69. The second kappa shape index (κ2) is 7.24. The van der Waals surface area contributed by atoms with Crippen LogP contribution in [0.4, 0.5) is 0 Å². The minimum absolute atomic E-state index is 0.394. The highest BCUT2D eigenvalue weighted by Crippen LogP contribution is 2.40. The zero-order valence-corrected chi connectivity index (χ0v) is 14.1. The van der Waals surface area contributed by atoms with Gasteiger partial charge < -0.3 is 15.1 Å². The average molecular weight is 281 g/mol. The van der Waals surface area contributed by atoms with E-state index in [2.05, 4.69) is 42.9 Å². The summed E-state index contributed by atoms with van der Waals surface area (Å²) in [6.07, 6.45) is 6.87. The van der Waals surface area contributed by atoms with Gasteiger partial charge in [0.25, 0.3) is 0 Å². The third-order valence-electron chi connectivity index (χ3n) is 5.33. The van der Waals surface area contributed by atoms with Crippen molar-refractivity contribution in [3.05, 3.63) is 0 Å². The number of nitrogens with one attached hydrogen (secondary N) is 1. The van der Waals surface area contributed by atoms with Crippen LogP contribution in [0.1, 0.15) is 52.9 Å². The van der Waals surface area contributed by atoms with Crippen molar-refractivity contribution in [3.63, 3.8) is 0 Å². The lowest BCUT2D eigenvalue weighted by atomic mass is 9.95. The average Bonchev–Trinajstić information content (AvgIpc) is 3.22. The molecule has 1 aliphatic carbocycles. The fourth-order valence-corrected chi connectivity index (χ4v) is 3.42. The SMILES string of the molecule is CC(C)N(C)CCCCN1CCCNC(C)(C2CC2)C1. The van der Waals surface area contributed by atoms with Crippen molar-refractivity contribution in [1.29, 1.82) is 0 Å². The van der Waals surface area contributed by atoms with Crippen LogP contribution in [0.3, 0.4) is 0 Å². The van der Waals surface area contributed by atoms with Crippen LogP contribution in [0.2, 0.25) is 0 Å². The predicted octanol–water partition coefficient (Wildman–Crippen LogP) is 2.57. The molecule has 1 saturated carbocycles. The van der Waals surface area contributed by atoms with Crippen LogP contribution in [0.15, 0.2) is 0 Å². The van der Waals surface area contributed by atoms with Gasteiger partial charge in [0.05, 0.1) is 0 Å². The number of hydrogen-bond donors (Lipinski definition) is 1. The molecule has 0 amide bonds. The van der Waals surface area contributed by atoms with Gasteiger partial charge in [-0.15, -0.1) is 0 Å². The molecule has 0 bridgehead atoms. The number of hydrogen-bond acceptors (Lipinski definition) is 3. The molecule has 1 atom stereocenters. The Hall–Kier alpha value is -0.120. The first-order chi connectivity index (χ1) is 9.51. The van der Waals surface area contributed by atoms with Crippen LogP contribution < -0.4 is 5.32 Å². The summed E-state index contributed by atoms with van der Waals surface area (Å²) in [5, 5.41) is 3.82. The summed E-state index contributed by atoms with van der Waals surface area (Å²) in [5.41, 5.74) is 0.394. The maximum atomic E-state index is 3.82. The highest BCUT2D eigenvalue weighted by molar-refractivity contribution is 5.00. The molecule has 1 heterocycles. The standard InChI is InChI=1S/C17H35N3/c1-15(2)19(4)11-5-6-12-20-13-7-10-18-17(3,14-20)16-8-9-16/h15-16,18H,5-14H2,1-4H3. The molecular weight excluding hydrogens is 246 g/mol.